The Morgan fingerprint density at radius 1 is 1.20 bits per heavy atom. The SMILES string of the molecule is COc1cc(C)ccc1CN1C[C@H](c2ccc(F)cc2)[C@@H](O)[C@H]1CO. The van der Waals surface area contributed by atoms with E-state index in [1.54, 1.807) is 19.2 Å². The molecule has 1 heterocycles. The molecule has 2 aromatic rings. The molecule has 1 saturated heterocycles. The Hall–Kier alpha value is -1.95. The molecule has 3 rings (SSSR count). The van der Waals surface area contributed by atoms with Crippen LogP contribution in [0.25, 0.3) is 0 Å². The van der Waals surface area contributed by atoms with Crippen LogP contribution in [-0.4, -0.2) is 47.5 Å². The molecule has 2 N–H and O–H groups in total. The van der Waals surface area contributed by atoms with Crippen LogP contribution < -0.4 is 4.74 Å². The van der Waals surface area contributed by atoms with Crippen molar-refractivity contribution >= 4 is 0 Å². The number of aliphatic hydroxyl groups is 2. The van der Waals surface area contributed by atoms with E-state index in [0.717, 1.165) is 22.4 Å². The van der Waals surface area contributed by atoms with E-state index in [9.17, 15) is 14.6 Å². The van der Waals surface area contributed by atoms with E-state index in [1.165, 1.54) is 12.1 Å². The van der Waals surface area contributed by atoms with Gasteiger partial charge in [-0.15, -0.1) is 0 Å². The summed E-state index contributed by atoms with van der Waals surface area (Å²) in [5, 5.41) is 20.4. The highest BCUT2D eigenvalue weighted by Gasteiger charge is 2.41. The first kappa shape index (κ1) is 17.9. The van der Waals surface area contributed by atoms with Crippen LogP contribution in [0.1, 0.15) is 22.6 Å². The van der Waals surface area contributed by atoms with Crippen molar-refractivity contribution in [2.45, 2.75) is 31.5 Å². The van der Waals surface area contributed by atoms with Gasteiger partial charge in [0.05, 0.1) is 25.9 Å². The highest BCUT2D eigenvalue weighted by atomic mass is 19.1. The minimum absolute atomic E-state index is 0.132. The average molecular weight is 345 g/mol. The number of aliphatic hydroxyl groups excluding tert-OH is 2. The minimum Gasteiger partial charge on any atom is -0.496 e. The van der Waals surface area contributed by atoms with Crippen LogP contribution in [-0.2, 0) is 6.54 Å². The Bertz CT molecular complexity index is 719. The molecule has 2 aromatic carbocycles. The molecule has 5 heteroatoms. The quantitative estimate of drug-likeness (QED) is 0.874. The zero-order chi connectivity index (χ0) is 18.0. The van der Waals surface area contributed by atoms with E-state index in [4.69, 9.17) is 4.74 Å². The molecular weight excluding hydrogens is 321 g/mol. The summed E-state index contributed by atoms with van der Waals surface area (Å²) in [5.41, 5.74) is 3.01. The Kier molecular flexibility index (Phi) is 5.37. The number of hydrogen-bond donors (Lipinski definition) is 2. The molecule has 0 radical (unpaired) electrons. The minimum atomic E-state index is -0.702. The summed E-state index contributed by atoms with van der Waals surface area (Å²) in [5.74, 6) is 0.349. The molecule has 3 atom stereocenters. The standard InChI is InChI=1S/C20H24FNO3/c1-13-3-4-15(19(9-13)25-2)10-22-11-17(20(24)18(22)12-23)14-5-7-16(21)8-6-14/h3-9,17-18,20,23-24H,10-12H2,1-2H3/t17-,18-,20-/m1/s1. The normalized spacial score (nSPS) is 23.8. The molecular formula is C20H24FNO3. The molecule has 0 spiro atoms. The van der Waals surface area contributed by atoms with Gasteiger partial charge in [0.1, 0.15) is 11.6 Å². The maximum absolute atomic E-state index is 13.2. The van der Waals surface area contributed by atoms with Crippen LogP contribution in [0.3, 0.4) is 0 Å². The van der Waals surface area contributed by atoms with Crippen LogP contribution in [0.2, 0.25) is 0 Å². The fraction of sp³-hybridized carbons (Fsp3) is 0.400. The zero-order valence-electron chi connectivity index (χ0n) is 14.5. The number of halogens is 1. The molecule has 0 bridgehead atoms. The number of ether oxygens (including phenoxy) is 1. The Morgan fingerprint density at radius 2 is 1.92 bits per heavy atom. The summed E-state index contributed by atoms with van der Waals surface area (Å²) in [6, 6.07) is 11.9. The van der Waals surface area contributed by atoms with Gasteiger partial charge in [-0.2, -0.15) is 0 Å². The van der Waals surface area contributed by atoms with Crippen molar-refractivity contribution in [3.63, 3.8) is 0 Å². The Morgan fingerprint density at radius 3 is 2.56 bits per heavy atom. The first-order valence-corrected chi connectivity index (χ1v) is 8.45. The predicted octanol–water partition coefficient (Wildman–Crippen LogP) is 2.46. The maximum Gasteiger partial charge on any atom is 0.123 e. The zero-order valence-corrected chi connectivity index (χ0v) is 14.5. The van der Waals surface area contributed by atoms with Gasteiger partial charge in [-0.05, 0) is 36.2 Å². The smallest absolute Gasteiger partial charge is 0.123 e. The van der Waals surface area contributed by atoms with E-state index >= 15 is 0 Å². The van der Waals surface area contributed by atoms with E-state index in [-0.39, 0.29) is 24.4 Å². The molecule has 0 saturated carbocycles. The average Bonchev–Trinajstić information content (AvgIpc) is 2.92. The highest BCUT2D eigenvalue weighted by molar-refractivity contribution is 5.37. The fourth-order valence-corrected chi connectivity index (χ4v) is 3.60. The lowest BCUT2D eigenvalue weighted by Crippen LogP contribution is -2.38. The summed E-state index contributed by atoms with van der Waals surface area (Å²) >= 11 is 0. The third-order valence-corrected chi connectivity index (χ3v) is 5.01. The number of likely N-dealkylation sites (tertiary alicyclic amines) is 1. The highest BCUT2D eigenvalue weighted by Crippen LogP contribution is 2.34. The van der Waals surface area contributed by atoms with Gasteiger partial charge < -0.3 is 14.9 Å². The van der Waals surface area contributed by atoms with Gasteiger partial charge in [0.15, 0.2) is 0 Å². The van der Waals surface area contributed by atoms with E-state index in [0.29, 0.717) is 13.1 Å². The van der Waals surface area contributed by atoms with Crippen molar-refractivity contribution in [3.05, 3.63) is 65.0 Å². The van der Waals surface area contributed by atoms with Crippen molar-refractivity contribution in [1.29, 1.82) is 0 Å². The molecule has 0 aromatic heterocycles. The van der Waals surface area contributed by atoms with E-state index in [2.05, 4.69) is 4.90 Å². The van der Waals surface area contributed by atoms with Crippen LogP contribution >= 0.6 is 0 Å². The van der Waals surface area contributed by atoms with Gasteiger partial charge in [-0.3, -0.25) is 4.90 Å². The van der Waals surface area contributed by atoms with Crippen molar-refractivity contribution < 1.29 is 19.3 Å². The van der Waals surface area contributed by atoms with Crippen LogP contribution in [0.4, 0.5) is 4.39 Å². The number of rotatable bonds is 5. The second kappa shape index (κ2) is 7.52. The van der Waals surface area contributed by atoms with E-state index in [1.807, 2.05) is 25.1 Å². The number of aryl methyl sites for hydroxylation is 1. The summed E-state index contributed by atoms with van der Waals surface area (Å²) in [6.07, 6.45) is -0.702. The van der Waals surface area contributed by atoms with Crippen molar-refractivity contribution in [3.8, 4) is 5.75 Å². The molecule has 0 unspecified atom stereocenters. The summed E-state index contributed by atoms with van der Waals surface area (Å²) in [7, 11) is 1.64. The molecule has 0 amide bonds. The van der Waals surface area contributed by atoms with Gasteiger partial charge in [-0.1, -0.05) is 24.3 Å². The second-order valence-electron chi connectivity index (χ2n) is 6.64. The van der Waals surface area contributed by atoms with Gasteiger partial charge in [0, 0.05) is 24.6 Å². The van der Waals surface area contributed by atoms with Gasteiger partial charge >= 0.3 is 0 Å². The molecule has 0 aliphatic carbocycles. The summed E-state index contributed by atoms with van der Waals surface area (Å²) in [6.45, 7) is 3.04. The Labute approximate surface area is 147 Å². The largest absolute Gasteiger partial charge is 0.496 e. The molecule has 1 fully saturated rings. The molecule has 1 aliphatic rings. The van der Waals surface area contributed by atoms with Crippen LogP contribution in [0, 0.1) is 12.7 Å². The van der Waals surface area contributed by atoms with Gasteiger partial charge in [-0.25, -0.2) is 4.39 Å². The molecule has 25 heavy (non-hydrogen) atoms. The monoisotopic (exact) mass is 345 g/mol. The maximum atomic E-state index is 13.2. The van der Waals surface area contributed by atoms with Crippen molar-refractivity contribution in [1.82, 2.24) is 4.90 Å². The lowest BCUT2D eigenvalue weighted by atomic mass is 9.94. The van der Waals surface area contributed by atoms with Gasteiger partial charge in [0.25, 0.3) is 0 Å². The van der Waals surface area contributed by atoms with Crippen LogP contribution in [0.15, 0.2) is 42.5 Å². The number of nitrogens with zero attached hydrogens (tertiary/aromatic N) is 1. The molecule has 134 valence electrons. The van der Waals surface area contributed by atoms with Gasteiger partial charge in [0.2, 0.25) is 0 Å². The summed E-state index contributed by atoms with van der Waals surface area (Å²) < 4.78 is 18.6. The summed E-state index contributed by atoms with van der Waals surface area (Å²) in [4.78, 5) is 2.06. The third kappa shape index (κ3) is 3.68. The first-order valence-electron chi connectivity index (χ1n) is 8.45. The topological polar surface area (TPSA) is 52.9 Å². The van der Waals surface area contributed by atoms with Crippen molar-refractivity contribution in [2.75, 3.05) is 20.3 Å². The third-order valence-electron chi connectivity index (χ3n) is 5.01. The fourth-order valence-electron chi connectivity index (χ4n) is 3.60. The first-order chi connectivity index (χ1) is 12.0. The van der Waals surface area contributed by atoms with Crippen LogP contribution in [0.5, 0.6) is 5.75 Å². The molecule has 1 aliphatic heterocycles. The lowest BCUT2D eigenvalue weighted by Gasteiger charge is -2.25. The molecule has 4 nitrogen and oxygen atoms in total. The predicted molar refractivity (Wildman–Crippen MR) is 94.2 cm³/mol. The number of methoxy groups -OCH3 is 1. The van der Waals surface area contributed by atoms with E-state index < -0.39 is 6.10 Å². The van der Waals surface area contributed by atoms with Crippen molar-refractivity contribution in [2.24, 2.45) is 0 Å². The lowest BCUT2D eigenvalue weighted by molar-refractivity contribution is 0.0638. The second-order valence-corrected chi connectivity index (χ2v) is 6.64. The number of benzene rings is 2. The number of hydrogen-bond acceptors (Lipinski definition) is 4. The Balaban J connectivity index is 1.83.